The van der Waals surface area contributed by atoms with Gasteiger partial charge in [-0.05, 0) is 46.3 Å². The third kappa shape index (κ3) is 4.54. The second-order valence-corrected chi connectivity index (χ2v) is 5.67. The van der Waals surface area contributed by atoms with E-state index < -0.39 is 0 Å². The molecule has 1 aromatic rings. The molecule has 1 saturated heterocycles. The zero-order valence-corrected chi connectivity index (χ0v) is 12.2. The van der Waals surface area contributed by atoms with Gasteiger partial charge in [0.25, 0.3) is 0 Å². The highest BCUT2D eigenvalue weighted by molar-refractivity contribution is 7.09. The molecule has 0 radical (unpaired) electrons. The molecule has 98 valence electrons. The third-order valence-electron chi connectivity index (χ3n) is 3.25. The summed E-state index contributed by atoms with van der Waals surface area (Å²) in [7, 11) is 2.23. The van der Waals surface area contributed by atoms with Crippen molar-refractivity contribution in [2.75, 3.05) is 20.1 Å². The summed E-state index contributed by atoms with van der Waals surface area (Å²) in [5.74, 6) is 0. The van der Waals surface area contributed by atoms with Crippen LogP contribution in [0, 0.1) is 6.92 Å². The first kappa shape index (κ1) is 14.9. The fraction of sp³-hybridized carbons (Fsp3) is 0.750. The quantitative estimate of drug-likeness (QED) is 0.919. The van der Waals surface area contributed by atoms with Crippen molar-refractivity contribution in [1.82, 2.24) is 15.2 Å². The molecule has 0 spiro atoms. The van der Waals surface area contributed by atoms with Crippen molar-refractivity contribution in [3.63, 3.8) is 0 Å². The molecule has 1 atom stereocenters. The van der Waals surface area contributed by atoms with E-state index in [9.17, 15) is 0 Å². The number of thiazole rings is 1. The summed E-state index contributed by atoms with van der Waals surface area (Å²) in [6.45, 7) is 5.41. The second kappa shape index (κ2) is 7.31. The average molecular weight is 276 g/mol. The van der Waals surface area contributed by atoms with E-state index in [0.29, 0.717) is 0 Å². The zero-order valence-electron chi connectivity index (χ0n) is 10.6. The van der Waals surface area contributed by atoms with Crippen LogP contribution < -0.4 is 5.32 Å². The molecular formula is C12H22ClN3S. The Bertz CT molecular complexity index is 321. The first-order valence-electron chi connectivity index (χ1n) is 6.07. The smallest absolute Gasteiger partial charge is 0.0897 e. The minimum absolute atomic E-state index is 0. The predicted molar refractivity (Wildman–Crippen MR) is 76.1 cm³/mol. The Kier molecular flexibility index (Phi) is 6.41. The standard InChI is InChI=1S/C12H21N3S.ClH/c1-10-14-11(9-16-10)8-15(2)12-4-3-6-13-7-5-12;/h9,12-13H,3-8H2,1-2H3;1H. The Labute approximate surface area is 114 Å². The van der Waals surface area contributed by atoms with Crippen molar-refractivity contribution in [3.05, 3.63) is 16.1 Å². The number of halogens is 1. The monoisotopic (exact) mass is 275 g/mol. The maximum atomic E-state index is 4.53. The van der Waals surface area contributed by atoms with Crippen molar-refractivity contribution in [1.29, 1.82) is 0 Å². The van der Waals surface area contributed by atoms with E-state index >= 15 is 0 Å². The molecule has 17 heavy (non-hydrogen) atoms. The van der Waals surface area contributed by atoms with Crippen LogP contribution in [-0.4, -0.2) is 36.1 Å². The second-order valence-electron chi connectivity index (χ2n) is 4.61. The van der Waals surface area contributed by atoms with Gasteiger partial charge < -0.3 is 5.32 Å². The number of nitrogens with one attached hydrogen (secondary N) is 1. The van der Waals surface area contributed by atoms with Gasteiger partial charge in [0.15, 0.2) is 0 Å². The lowest BCUT2D eigenvalue weighted by Gasteiger charge is -2.25. The molecule has 0 amide bonds. The maximum Gasteiger partial charge on any atom is 0.0897 e. The molecule has 1 aliphatic rings. The fourth-order valence-electron chi connectivity index (χ4n) is 2.31. The van der Waals surface area contributed by atoms with Gasteiger partial charge in [-0.3, -0.25) is 4.90 Å². The van der Waals surface area contributed by atoms with E-state index in [1.165, 1.54) is 36.5 Å². The highest BCUT2D eigenvalue weighted by atomic mass is 35.5. The molecule has 1 aromatic heterocycles. The minimum Gasteiger partial charge on any atom is -0.317 e. The predicted octanol–water partition coefficient (Wildman–Crippen LogP) is 2.45. The number of hydrogen-bond donors (Lipinski definition) is 1. The summed E-state index contributed by atoms with van der Waals surface area (Å²) in [6.07, 6.45) is 3.87. The molecule has 1 unspecified atom stereocenters. The summed E-state index contributed by atoms with van der Waals surface area (Å²) < 4.78 is 0. The van der Waals surface area contributed by atoms with Crippen molar-refractivity contribution in [2.45, 2.75) is 38.8 Å². The number of rotatable bonds is 3. The summed E-state index contributed by atoms with van der Waals surface area (Å²) in [5, 5.41) is 6.81. The molecule has 0 aliphatic carbocycles. The van der Waals surface area contributed by atoms with Crippen LogP contribution in [0.1, 0.15) is 30.0 Å². The van der Waals surface area contributed by atoms with Crippen LogP contribution in [0.2, 0.25) is 0 Å². The minimum atomic E-state index is 0. The first-order valence-corrected chi connectivity index (χ1v) is 6.95. The molecule has 1 fully saturated rings. The molecule has 1 aliphatic heterocycles. The molecule has 2 heterocycles. The Morgan fingerprint density at radius 1 is 1.47 bits per heavy atom. The average Bonchev–Trinajstić information content (AvgIpc) is 2.56. The molecule has 2 rings (SSSR count). The molecule has 0 saturated carbocycles. The lowest BCUT2D eigenvalue weighted by Crippen LogP contribution is -2.32. The highest BCUT2D eigenvalue weighted by Gasteiger charge is 2.17. The Morgan fingerprint density at radius 2 is 2.29 bits per heavy atom. The van der Waals surface area contributed by atoms with E-state index in [4.69, 9.17) is 0 Å². The van der Waals surface area contributed by atoms with E-state index in [1.807, 2.05) is 0 Å². The molecule has 3 nitrogen and oxygen atoms in total. The summed E-state index contributed by atoms with van der Waals surface area (Å²) >= 11 is 1.75. The molecular weight excluding hydrogens is 254 g/mol. The number of aryl methyl sites for hydroxylation is 1. The van der Waals surface area contributed by atoms with E-state index in [1.54, 1.807) is 11.3 Å². The van der Waals surface area contributed by atoms with Crippen molar-refractivity contribution >= 4 is 23.7 Å². The van der Waals surface area contributed by atoms with Gasteiger partial charge in [-0.1, -0.05) is 0 Å². The molecule has 5 heteroatoms. The van der Waals surface area contributed by atoms with Crippen LogP contribution in [0.25, 0.3) is 0 Å². The SMILES string of the molecule is Cc1nc(CN(C)C2CCCNCC2)cs1.Cl. The van der Waals surface area contributed by atoms with Crippen LogP contribution in [0.15, 0.2) is 5.38 Å². The van der Waals surface area contributed by atoms with Crippen molar-refractivity contribution in [2.24, 2.45) is 0 Å². The Hall–Kier alpha value is -0.160. The van der Waals surface area contributed by atoms with Gasteiger partial charge >= 0.3 is 0 Å². The van der Waals surface area contributed by atoms with Gasteiger partial charge in [-0.2, -0.15) is 0 Å². The normalized spacial score (nSPS) is 21.0. The van der Waals surface area contributed by atoms with Crippen molar-refractivity contribution < 1.29 is 0 Å². The topological polar surface area (TPSA) is 28.2 Å². The van der Waals surface area contributed by atoms with E-state index in [2.05, 4.69) is 34.6 Å². The lowest BCUT2D eigenvalue weighted by atomic mass is 10.1. The molecule has 0 bridgehead atoms. The summed E-state index contributed by atoms with van der Waals surface area (Å²) in [4.78, 5) is 6.99. The molecule has 1 N–H and O–H groups in total. The van der Waals surface area contributed by atoms with Gasteiger partial charge in [0.05, 0.1) is 10.7 Å². The lowest BCUT2D eigenvalue weighted by molar-refractivity contribution is 0.214. The first-order chi connectivity index (χ1) is 7.75. The van der Waals surface area contributed by atoms with Gasteiger partial charge in [0.2, 0.25) is 0 Å². The van der Waals surface area contributed by atoms with Crippen LogP contribution >= 0.6 is 23.7 Å². The van der Waals surface area contributed by atoms with Crippen LogP contribution in [0.5, 0.6) is 0 Å². The maximum absolute atomic E-state index is 4.53. The molecule has 0 aromatic carbocycles. The Balaban J connectivity index is 0.00000144. The summed E-state index contributed by atoms with van der Waals surface area (Å²) in [5.41, 5.74) is 1.22. The van der Waals surface area contributed by atoms with E-state index in [0.717, 1.165) is 19.1 Å². The largest absolute Gasteiger partial charge is 0.317 e. The fourth-order valence-corrected chi connectivity index (χ4v) is 2.91. The van der Waals surface area contributed by atoms with Gasteiger partial charge in [-0.15, -0.1) is 23.7 Å². The zero-order chi connectivity index (χ0) is 11.4. The van der Waals surface area contributed by atoms with Crippen molar-refractivity contribution in [3.8, 4) is 0 Å². The van der Waals surface area contributed by atoms with Crippen LogP contribution in [0.3, 0.4) is 0 Å². The number of nitrogens with zero attached hydrogens (tertiary/aromatic N) is 2. The van der Waals surface area contributed by atoms with Crippen LogP contribution in [0.4, 0.5) is 0 Å². The van der Waals surface area contributed by atoms with Gasteiger partial charge in [-0.25, -0.2) is 4.98 Å². The summed E-state index contributed by atoms with van der Waals surface area (Å²) in [6, 6.07) is 0.719. The van der Waals surface area contributed by atoms with Gasteiger partial charge in [0, 0.05) is 18.0 Å². The third-order valence-corrected chi connectivity index (χ3v) is 4.07. The number of hydrogen-bond acceptors (Lipinski definition) is 4. The highest BCUT2D eigenvalue weighted by Crippen LogP contribution is 2.16. The van der Waals surface area contributed by atoms with Gasteiger partial charge in [0.1, 0.15) is 0 Å². The number of aromatic nitrogens is 1. The van der Waals surface area contributed by atoms with Crippen LogP contribution in [-0.2, 0) is 6.54 Å². The Morgan fingerprint density at radius 3 is 3.00 bits per heavy atom. The van der Waals surface area contributed by atoms with E-state index in [-0.39, 0.29) is 12.4 Å².